The largest absolute Gasteiger partial charge is 0.396 e. The fraction of sp³-hybridized carbons (Fsp3) is 0.667. The molecule has 0 bridgehead atoms. The molecule has 0 rings (SSSR count). The standard InChI is InChI=1S/C6H12O2.H2S/c1-2-5-8-6-3-4-7;/h2,7H,1,3-6H2;1H2. The van der Waals surface area contributed by atoms with Gasteiger partial charge in [-0.3, -0.25) is 0 Å². The molecule has 0 aromatic rings. The Morgan fingerprint density at radius 1 is 1.56 bits per heavy atom. The summed E-state index contributed by atoms with van der Waals surface area (Å²) in [4.78, 5) is 0. The van der Waals surface area contributed by atoms with Crippen LogP contribution in [0.3, 0.4) is 0 Å². The van der Waals surface area contributed by atoms with E-state index < -0.39 is 0 Å². The van der Waals surface area contributed by atoms with Crippen LogP contribution in [0.25, 0.3) is 0 Å². The first-order valence-electron chi connectivity index (χ1n) is 2.71. The van der Waals surface area contributed by atoms with Gasteiger partial charge in [-0.2, -0.15) is 13.5 Å². The summed E-state index contributed by atoms with van der Waals surface area (Å²) in [6, 6.07) is 0. The van der Waals surface area contributed by atoms with E-state index in [1.807, 2.05) is 0 Å². The first-order valence-corrected chi connectivity index (χ1v) is 2.71. The van der Waals surface area contributed by atoms with Crippen LogP contribution < -0.4 is 0 Å². The molecule has 0 aromatic heterocycles. The lowest BCUT2D eigenvalue weighted by atomic mass is 10.5. The molecule has 0 heterocycles. The second kappa shape index (κ2) is 10.9. The maximum absolute atomic E-state index is 8.26. The van der Waals surface area contributed by atoms with Crippen LogP contribution in [0, 0.1) is 0 Å². The first-order chi connectivity index (χ1) is 3.91. The van der Waals surface area contributed by atoms with E-state index in [1.54, 1.807) is 6.08 Å². The Morgan fingerprint density at radius 3 is 2.67 bits per heavy atom. The van der Waals surface area contributed by atoms with Gasteiger partial charge in [0, 0.05) is 13.2 Å². The molecule has 0 saturated heterocycles. The van der Waals surface area contributed by atoms with E-state index in [0.717, 1.165) is 0 Å². The van der Waals surface area contributed by atoms with Crippen LogP contribution in [0.15, 0.2) is 12.7 Å². The molecular formula is C6H14O2S. The minimum absolute atomic E-state index is 0. The number of hydrogen-bond donors (Lipinski definition) is 1. The normalized spacial score (nSPS) is 8.11. The van der Waals surface area contributed by atoms with Gasteiger partial charge in [0.15, 0.2) is 0 Å². The van der Waals surface area contributed by atoms with Crippen LogP contribution in [0.5, 0.6) is 0 Å². The van der Waals surface area contributed by atoms with Gasteiger partial charge in [-0.25, -0.2) is 0 Å². The smallest absolute Gasteiger partial charge is 0.0644 e. The predicted molar refractivity (Wildman–Crippen MR) is 43.1 cm³/mol. The summed E-state index contributed by atoms with van der Waals surface area (Å²) in [5.41, 5.74) is 0. The van der Waals surface area contributed by atoms with Crippen LogP contribution in [0.2, 0.25) is 0 Å². The van der Waals surface area contributed by atoms with Crippen molar-refractivity contribution in [2.75, 3.05) is 19.8 Å². The van der Waals surface area contributed by atoms with E-state index in [4.69, 9.17) is 9.84 Å². The van der Waals surface area contributed by atoms with Crippen molar-refractivity contribution in [3.8, 4) is 0 Å². The van der Waals surface area contributed by atoms with Crippen LogP contribution in [0.1, 0.15) is 6.42 Å². The lowest BCUT2D eigenvalue weighted by Crippen LogP contribution is -1.95. The molecule has 0 saturated carbocycles. The summed E-state index contributed by atoms with van der Waals surface area (Å²) in [6.07, 6.45) is 2.41. The minimum atomic E-state index is 0. The molecule has 0 radical (unpaired) electrons. The third-order valence-electron chi connectivity index (χ3n) is 0.682. The quantitative estimate of drug-likeness (QED) is 0.461. The summed E-state index contributed by atoms with van der Waals surface area (Å²) in [5, 5.41) is 8.26. The van der Waals surface area contributed by atoms with Gasteiger partial charge in [-0.05, 0) is 6.42 Å². The van der Waals surface area contributed by atoms with Crippen molar-refractivity contribution in [3.05, 3.63) is 12.7 Å². The van der Waals surface area contributed by atoms with Crippen LogP contribution >= 0.6 is 13.5 Å². The zero-order valence-corrected chi connectivity index (χ0v) is 6.47. The van der Waals surface area contributed by atoms with Crippen molar-refractivity contribution in [2.24, 2.45) is 0 Å². The zero-order valence-electron chi connectivity index (χ0n) is 5.47. The van der Waals surface area contributed by atoms with Crippen molar-refractivity contribution in [3.63, 3.8) is 0 Å². The van der Waals surface area contributed by atoms with Gasteiger partial charge < -0.3 is 9.84 Å². The fourth-order valence-electron chi connectivity index (χ4n) is 0.333. The first kappa shape index (κ1) is 11.8. The molecule has 0 atom stereocenters. The van der Waals surface area contributed by atoms with Gasteiger partial charge in [0.25, 0.3) is 0 Å². The highest BCUT2D eigenvalue weighted by Gasteiger charge is 1.80. The number of hydrogen-bond acceptors (Lipinski definition) is 2. The summed E-state index contributed by atoms with van der Waals surface area (Å²) in [7, 11) is 0. The zero-order chi connectivity index (χ0) is 6.24. The number of aliphatic hydroxyl groups is 1. The van der Waals surface area contributed by atoms with Crippen molar-refractivity contribution in [2.45, 2.75) is 6.42 Å². The second-order valence-corrected chi connectivity index (χ2v) is 1.44. The third kappa shape index (κ3) is 11.5. The Morgan fingerprint density at radius 2 is 2.22 bits per heavy atom. The summed E-state index contributed by atoms with van der Waals surface area (Å²) >= 11 is 0. The second-order valence-electron chi connectivity index (χ2n) is 1.44. The van der Waals surface area contributed by atoms with Crippen LogP contribution in [-0.4, -0.2) is 24.9 Å². The molecule has 0 aliphatic heterocycles. The lowest BCUT2D eigenvalue weighted by Gasteiger charge is -1.95. The highest BCUT2D eigenvalue weighted by atomic mass is 32.1. The van der Waals surface area contributed by atoms with Gasteiger partial charge in [0.2, 0.25) is 0 Å². The number of aliphatic hydroxyl groups excluding tert-OH is 1. The summed E-state index contributed by atoms with van der Waals surface area (Å²) < 4.78 is 4.95. The van der Waals surface area contributed by atoms with Gasteiger partial charge in [-0.1, -0.05) is 6.08 Å². The molecule has 0 spiro atoms. The average molecular weight is 150 g/mol. The third-order valence-corrected chi connectivity index (χ3v) is 0.682. The maximum atomic E-state index is 8.26. The molecule has 2 nitrogen and oxygen atoms in total. The molecule has 0 aromatic carbocycles. The van der Waals surface area contributed by atoms with Crippen molar-refractivity contribution in [1.82, 2.24) is 0 Å². The minimum Gasteiger partial charge on any atom is -0.396 e. The Kier molecular flexibility index (Phi) is 14.2. The summed E-state index contributed by atoms with van der Waals surface area (Å²) in [6.45, 7) is 4.89. The maximum Gasteiger partial charge on any atom is 0.0644 e. The summed E-state index contributed by atoms with van der Waals surface area (Å²) in [5.74, 6) is 0. The van der Waals surface area contributed by atoms with E-state index in [0.29, 0.717) is 19.6 Å². The van der Waals surface area contributed by atoms with E-state index in [-0.39, 0.29) is 20.1 Å². The predicted octanol–water partition coefficient (Wildman–Crippen LogP) is 0.684. The Balaban J connectivity index is 0. The molecule has 9 heavy (non-hydrogen) atoms. The van der Waals surface area contributed by atoms with E-state index >= 15 is 0 Å². The molecule has 0 amide bonds. The van der Waals surface area contributed by atoms with Crippen LogP contribution in [0.4, 0.5) is 0 Å². The molecule has 3 heteroatoms. The van der Waals surface area contributed by atoms with Gasteiger partial charge >= 0.3 is 0 Å². The lowest BCUT2D eigenvalue weighted by molar-refractivity contribution is 0.139. The molecule has 56 valence electrons. The molecule has 0 unspecified atom stereocenters. The molecule has 0 aliphatic rings. The Hall–Kier alpha value is 0.0100. The van der Waals surface area contributed by atoms with Gasteiger partial charge in [-0.15, -0.1) is 6.58 Å². The van der Waals surface area contributed by atoms with Gasteiger partial charge in [0.1, 0.15) is 0 Å². The van der Waals surface area contributed by atoms with Crippen molar-refractivity contribution >= 4 is 13.5 Å². The molecule has 0 aliphatic carbocycles. The van der Waals surface area contributed by atoms with Gasteiger partial charge in [0.05, 0.1) is 6.61 Å². The monoisotopic (exact) mass is 150 g/mol. The number of rotatable bonds is 5. The van der Waals surface area contributed by atoms with E-state index in [1.165, 1.54) is 0 Å². The Bertz CT molecular complexity index is 57.0. The van der Waals surface area contributed by atoms with Crippen molar-refractivity contribution in [1.29, 1.82) is 0 Å². The van der Waals surface area contributed by atoms with Crippen molar-refractivity contribution < 1.29 is 9.84 Å². The fourth-order valence-corrected chi connectivity index (χ4v) is 0.333. The highest BCUT2D eigenvalue weighted by molar-refractivity contribution is 7.59. The van der Waals surface area contributed by atoms with Crippen LogP contribution in [-0.2, 0) is 4.74 Å². The topological polar surface area (TPSA) is 29.5 Å². The molecular weight excluding hydrogens is 136 g/mol. The highest BCUT2D eigenvalue weighted by Crippen LogP contribution is 1.79. The number of ether oxygens (including phenoxy) is 1. The average Bonchev–Trinajstić information content (AvgIpc) is 1.81. The van der Waals surface area contributed by atoms with E-state index in [9.17, 15) is 0 Å². The molecule has 1 N–H and O–H groups in total. The van der Waals surface area contributed by atoms with E-state index in [2.05, 4.69) is 6.58 Å². The molecule has 0 fully saturated rings. The Labute approximate surface area is 63.0 Å². The SMILES string of the molecule is C=CCOCCCO.S.